The molecule has 1 unspecified atom stereocenters. The Morgan fingerprint density at radius 1 is 0.967 bits per heavy atom. The lowest BCUT2D eigenvalue weighted by Crippen LogP contribution is -2.51. The van der Waals surface area contributed by atoms with Gasteiger partial charge in [0.05, 0.1) is 6.04 Å². The second-order valence-electron chi connectivity index (χ2n) is 8.82. The van der Waals surface area contributed by atoms with Crippen molar-refractivity contribution in [3.8, 4) is 0 Å². The van der Waals surface area contributed by atoms with E-state index in [4.69, 9.17) is 23.2 Å². The number of nitrogens with one attached hydrogen (secondary N) is 1. The van der Waals surface area contributed by atoms with E-state index in [9.17, 15) is 9.59 Å². The molecule has 0 spiro atoms. The topological polar surface area (TPSA) is 52.7 Å². The van der Waals surface area contributed by atoms with Gasteiger partial charge in [-0.2, -0.15) is 0 Å². The molecule has 2 fully saturated rings. The number of hydrogen-bond acceptors (Lipinski definition) is 3. The zero-order valence-corrected chi connectivity index (χ0v) is 18.9. The van der Waals surface area contributed by atoms with Crippen molar-refractivity contribution in [3.05, 3.63) is 35.4 Å². The van der Waals surface area contributed by atoms with Gasteiger partial charge in [0.1, 0.15) is 0 Å². The normalized spacial score (nSPS) is 24.0. The molecule has 0 radical (unpaired) electrons. The zero-order chi connectivity index (χ0) is 21.1. The van der Waals surface area contributed by atoms with E-state index in [0.717, 1.165) is 58.0 Å². The van der Waals surface area contributed by atoms with Crippen molar-refractivity contribution in [1.82, 2.24) is 15.1 Å². The molecular formula is C23H31Cl2N3O2. The maximum atomic E-state index is 12.9. The lowest BCUT2D eigenvalue weighted by molar-refractivity contribution is -0.131. The van der Waals surface area contributed by atoms with Crippen LogP contribution >= 0.6 is 23.2 Å². The van der Waals surface area contributed by atoms with Crippen LogP contribution in [-0.2, 0) is 16.0 Å². The summed E-state index contributed by atoms with van der Waals surface area (Å²) in [5.74, 6) is 0.133. The summed E-state index contributed by atoms with van der Waals surface area (Å²) < 4.78 is 0. The van der Waals surface area contributed by atoms with Crippen LogP contribution in [0.4, 0.5) is 0 Å². The summed E-state index contributed by atoms with van der Waals surface area (Å²) in [7, 11) is 0. The van der Waals surface area contributed by atoms with Gasteiger partial charge in [-0.15, -0.1) is 0 Å². The van der Waals surface area contributed by atoms with Crippen LogP contribution in [0, 0.1) is 5.92 Å². The zero-order valence-electron chi connectivity index (χ0n) is 17.4. The monoisotopic (exact) mass is 451 g/mol. The average Bonchev–Trinajstić information content (AvgIpc) is 2.79. The first-order chi connectivity index (χ1) is 14.5. The predicted molar refractivity (Wildman–Crippen MR) is 120 cm³/mol. The maximum Gasteiger partial charge on any atom is 0.255 e. The average molecular weight is 452 g/mol. The van der Waals surface area contributed by atoms with E-state index in [1.54, 1.807) is 4.90 Å². The van der Waals surface area contributed by atoms with Crippen molar-refractivity contribution in [2.45, 2.75) is 61.9 Å². The van der Waals surface area contributed by atoms with Gasteiger partial charge >= 0.3 is 0 Å². The molecule has 0 saturated carbocycles. The summed E-state index contributed by atoms with van der Waals surface area (Å²) in [6, 6.07) is 9.15. The largest absolute Gasteiger partial charge is 0.349 e. The Balaban J connectivity index is 1.24. The molecule has 1 aliphatic carbocycles. The van der Waals surface area contributed by atoms with Gasteiger partial charge < -0.3 is 15.1 Å². The minimum absolute atomic E-state index is 0.102. The third-order valence-corrected chi connectivity index (χ3v) is 7.44. The molecule has 7 heteroatoms. The molecule has 2 saturated heterocycles. The minimum atomic E-state index is -0.966. The van der Waals surface area contributed by atoms with Crippen LogP contribution in [0.2, 0.25) is 0 Å². The smallest absolute Gasteiger partial charge is 0.255 e. The molecule has 0 aromatic heterocycles. The molecule has 0 bridgehead atoms. The number of fused-ring (bicyclic) bond motifs is 1. The summed E-state index contributed by atoms with van der Waals surface area (Å²) in [6.07, 6.45) is 6.99. The van der Waals surface area contributed by atoms with Crippen LogP contribution in [0.5, 0.6) is 0 Å². The summed E-state index contributed by atoms with van der Waals surface area (Å²) in [4.78, 5) is 28.2. The SMILES string of the molecule is O=C(NC1CCCc2ccccc21)C1CCN(C2CCN(C(=O)C(Cl)Cl)CC2)CC1. The molecule has 1 aromatic carbocycles. The van der Waals surface area contributed by atoms with Gasteiger partial charge in [0, 0.05) is 25.0 Å². The van der Waals surface area contributed by atoms with Crippen molar-refractivity contribution in [1.29, 1.82) is 0 Å². The maximum absolute atomic E-state index is 12.9. The lowest BCUT2D eigenvalue weighted by atomic mass is 9.86. The molecule has 1 atom stereocenters. The first kappa shape index (κ1) is 21.9. The van der Waals surface area contributed by atoms with Crippen LogP contribution in [0.1, 0.15) is 55.7 Å². The Hall–Kier alpha value is -1.30. The Morgan fingerprint density at radius 3 is 2.37 bits per heavy atom. The van der Waals surface area contributed by atoms with Crippen molar-refractivity contribution in [3.63, 3.8) is 0 Å². The third kappa shape index (κ3) is 4.95. The predicted octanol–water partition coefficient (Wildman–Crippen LogP) is 3.69. The van der Waals surface area contributed by atoms with Gasteiger partial charge in [-0.25, -0.2) is 0 Å². The fourth-order valence-electron chi connectivity index (χ4n) is 5.31. The van der Waals surface area contributed by atoms with Crippen molar-refractivity contribution >= 4 is 35.0 Å². The number of hydrogen-bond donors (Lipinski definition) is 1. The highest BCUT2D eigenvalue weighted by molar-refractivity contribution is 6.53. The number of likely N-dealkylation sites (tertiary alicyclic amines) is 2. The first-order valence-corrected chi connectivity index (χ1v) is 12.1. The Bertz CT molecular complexity index is 757. The van der Waals surface area contributed by atoms with E-state index in [1.807, 2.05) is 0 Å². The number of rotatable bonds is 4. The first-order valence-electron chi connectivity index (χ1n) is 11.2. The molecule has 2 heterocycles. The molecular weight excluding hydrogens is 421 g/mol. The third-order valence-electron chi connectivity index (χ3n) is 7.07. The van der Waals surface area contributed by atoms with Crippen LogP contribution < -0.4 is 5.32 Å². The number of carbonyl (C=O) groups is 2. The van der Waals surface area contributed by atoms with Crippen molar-refractivity contribution in [2.24, 2.45) is 5.92 Å². The number of aryl methyl sites for hydroxylation is 1. The van der Waals surface area contributed by atoms with E-state index in [1.165, 1.54) is 11.1 Å². The van der Waals surface area contributed by atoms with Crippen LogP contribution in [-0.4, -0.2) is 58.7 Å². The van der Waals surface area contributed by atoms with E-state index in [0.29, 0.717) is 19.1 Å². The lowest BCUT2D eigenvalue weighted by Gasteiger charge is -2.41. The van der Waals surface area contributed by atoms with E-state index in [-0.39, 0.29) is 23.8 Å². The molecule has 5 nitrogen and oxygen atoms in total. The number of amides is 2. The fraction of sp³-hybridized carbons (Fsp3) is 0.652. The second kappa shape index (κ2) is 9.88. The quantitative estimate of drug-likeness (QED) is 0.710. The number of nitrogens with zero attached hydrogens (tertiary/aromatic N) is 2. The molecule has 164 valence electrons. The van der Waals surface area contributed by atoms with Crippen LogP contribution in [0.15, 0.2) is 24.3 Å². The van der Waals surface area contributed by atoms with E-state index in [2.05, 4.69) is 34.5 Å². The van der Waals surface area contributed by atoms with Gasteiger partial charge in [0.25, 0.3) is 5.91 Å². The number of alkyl halides is 2. The highest BCUT2D eigenvalue weighted by Gasteiger charge is 2.33. The van der Waals surface area contributed by atoms with Gasteiger partial charge in [-0.3, -0.25) is 9.59 Å². The second-order valence-corrected chi connectivity index (χ2v) is 9.92. The molecule has 2 aliphatic heterocycles. The Morgan fingerprint density at radius 2 is 1.67 bits per heavy atom. The fourth-order valence-corrected chi connectivity index (χ4v) is 5.59. The molecule has 3 aliphatic rings. The molecule has 4 rings (SSSR count). The highest BCUT2D eigenvalue weighted by atomic mass is 35.5. The Kier molecular flexibility index (Phi) is 7.22. The molecule has 1 aromatic rings. The standard InChI is InChI=1S/C23H31Cl2N3O2/c24-21(25)23(30)28-14-10-18(11-15-28)27-12-8-17(9-13-27)22(29)26-20-7-3-5-16-4-1-2-6-19(16)20/h1-2,4,6,17-18,20-21H,3,5,7-15H2,(H,26,29). The summed E-state index contributed by atoms with van der Waals surface area (Å²) in [5.41, 5.74) is 2.68. The highest BCUT2D eigenvalue weighted by Crippen LogP contribution is 2.31. The molecule has 30 heavy (non-hydrogen) atoms. The van der Waals surface area contributed by atoms with Gasteiger partial charge in [-0.05, 0) is 69.2 Å². The van der Waals surface area contributed by atoms with Crippen LogP contribution in [0.25, 0.3) is 0 Å². The summed E-state index contributed by atoms with van der Waals surface area (Å²) in [5, 5.41) is 3.34. The van der Waals surface area contributed by atoms with Gasteiger partial charge in [-0.1, -0.05) is 47.5 Å². The van der Waals surface area contributed by atoms with Crippen molar-refractivity contribution in [2.75, 3.05) is 26.2 Å². The van der Waals surface area contributed by atoms with E-state index >= 15 is 0 Å². The summed E-state index contributed by atoms with van der Waals surface area (Å²) in [6.45, 7) is 3.32. The van der Waals surface area contributed by atoms with Gasteiger partial charge in [0.2, 0.25) is 5.91 Å². The van der Waals surface area contributed by atoms with Crippen molar-refractivity contribution < 1.29 is 9.59 Å². The number of carbonyl (C=O) groups excluding carboxylic acids is 2. The van der Waals surface area contributed by atoms with E-state index < -0.39 is 4.84 Å². The number of piperidine rings is 2. The number of halogens is 2. The minimum Gasteiger partial charge on any atom is -0.349 e. The Labute approximate surface area is 189 Å². The number of benzene rings is 1. The van der Waals surface area contributed by atoms with Crippen LogP contribution in [0.3, 0.4) is 0 Å². The molecule has 1 N–H and O–H groups in total. The molecule has 2 amide bonds. The summed E-state index contributed by atoms with van der Waals surface area (Å²) >= 11 is 11.4. The van der Waals surface area contributed by atoms with Gasteiger partial charge in [0.15, 0.2) is 4.84 Å².